The standard InChI is InChI=1S/C28H28O8/c1-14(2)8-9-18-25-19(12-22(26(18)32-7)33-15(3)29)24(31)23-21(35-25)13-20-17(27(23)34-16(4)30)10-11-28(5,6)36-20/h8,10-13H,9H2,1-7H3. The second-order valence-corrected chi connectivity index (χ2v) is 9.40. The SMILES string of the molecule is COc1c(OC(C)=O)cc2c(=O)c3c(OC(C)=O)c4c(cc3oc2c1CC=C(C)C)OC(C)(C)C=C4. The van der Waals surface area contributed by atoms with Gasteiger partial charge >= 0.3 is 11.9 Å². The van der Waals surface area contributed by atoms with Gasteiger partial charge in [-0.25, -0.2) is 0 Å². The van der Waals surface area contributed by atoms with Gasteiger partial charge < -0.3 is 23.4 Å². The first-order valence-electron chi connectivity index (χ1n) is 11.5. The Kier molecular flexibility index (Phi) is 6.39. The summed E-state index contributed by atoms with van der Waals surface area (Å²) in [6.07, 6.45) is 5.89. The highest BCUT2D eigenvalue weighted by molar-refractivity contribution is 6.00. The molecule has 8 nitrogen and oxygen atoms in total. The molecule has 4 rings (SSSR count). The molecule has 0 aliphatic carbocycles. The van der Waals surface area contributed by atoms with E-state index in [9.17, 15) is 14.4 Å². The van der Waals surface area contributed by atoms with E-state index < -0.39 is 23.0 Å². The predicted molar refractivity (Wildman–Crippen MR) is 136 cm³/mol. The number of carbonyl (C=O) groups excluding carboxylic acids is 2. The van der Waals surface area contributed by atoms with E-state index in [2.05, 4.69) is 0 Å². The van der Waals surface area contributed by atoms with E-state index in [1.165, 1.54) is 27.0 Å². The van der Waals surface area contributed by atoms with Crippen molar-refractivity contribution in [3.63, 3.8) is 0 Å². The molecule has 0 atom stereocenters. The Hall–Kier alpha value is -4.07. The van der Waals surface area contributed by atoms with Crippen LogP contribution >= 0.6 is 0 Å². The number of esters is 2. The molecule has 0 saturated carbocycles. The molecule has 1 aliphatic rings. The van der Waals surface area contributed by atoms with Crippen LogP contribution in [0.25, 0.3) is 28.0 Å². The van der Waals surface area contributed by atoms with Crippen molar-refractivity contribution in [3.8, 4) is 23.0 Å². The molecule has 2 aromatic carbocycles. The zero-order chi connectivity index (χ0) is 26.4. The highest BCUT2D eigenvalue weighted by Gasteiger charge is 2.29. The van der Waals surface area contributed by atoms with Crippen LogP contribution in [0.1, 0.15) is 52.7 Å². The van der Waals surface area contributed by atoms with Gasteiger partial charge in [0.1, 0.15) is 27.9 Å². The number of allylic oxidation sites excluding steroid dienone is 2. The molecule has 8 heteroatoms. The molecule has 0 radical (unpaired) electrons. The van der Waals surface area contributed by atoms with Crippen molar-refractivity contribution in [3.05, 3.63) is 51.2 Å². The first kappa shape index (κ1) is 25.0. The molecular formula is C28H28O8. The lowest BCUT2D eigenvalue weighted by atomic mass is 9.98. The number of carbonyl (C=O) groups is 2. The van der Waals surface area contributed by atoms with Crippen LogP contribution in [-0.4, -0.2) is 24.6 Å². The molecule has 1 aliphatic heterocycles. The Morgan fingerprint density at radius 1 is 1.03 bits per heavy atom. The first-order chi connectivity index (χ1) is 16.9. The van der Waals surface area contributed by atoms with Gasteiger partial charge in [0.25, 0.3) is 0 Å². The first-order valence-corrected chi connectivity index (χ1v) is 11.5. The van der Waals surface area contributed by atoms with Crippen LogP contribution in [0, 0.1) is 0 Å². The summed E-state index contributed by atoms with van der Waals surface area (Å²) in [5.41, 5.74) is 1.45. The predicted octanol–water partition coefficient (Wildman–Crippen LogP) is 5.50. The fourth-order valence-corrected chi connectivity index (χ4v) is 4.17. The summed E-state index contributed by atoms with van der Waals surface area (Å²) in [5, 5.41) is 0.239. The van der Waals surface area contributed by atoms with E-state index in [-0.39, 0.29) is 39.2 Å². The molecule has 0 saturated heterocycles. The summed E-state index contributed by atoms with van der Waals surface area (Å²) in [6, 6.07) is 3.04. The lowest BCUT2D eigenvalue weighted by Crippen LogP contribution is -2.28. The monoisotopic (exact) mass is 492 g/mol. The van der Waals surface area contributed by atoms with Gasteiger partial charge in [-0.15, -0.1) is 0 Å². The molecule has 1 aromatic heterocycles. The third-order valence-electron chi connectivity index (χ3n) is 5.66. The Morgan fingerprint density at radius 2 is 1.72 bits per heavy atom. The lowest BCUT2D eigenvalue weighted by molar-refractivity contribution is -0.132. The normalized spacial score (nSPS) is 13.6. The summed E-state index contributed by atoms with van der Waals surface area (Å²) < 4.78 is 28.9. The highest BCUT2D eigenvalue weighted by Crippen LogP contribution is 2.44. The van der Waals surface area contributed by atoms with E-state index in [0.717, 1.165) is 5.57 Å². The van der Waals surface area contributed by atoms with Gasteiger partial charge in [0.05, 0.1) is 18.1 Å². The number of hydrogen-bond acceptors (Lipinski definition) is 8. The van der Waals surface area contributed by atoms with Crippen molar-refractivity contribution in [2.24, 2.45) is 0 Å². The van der Waals surface area contributed by atoms with Crippen molar-refractivity contribution in [2.75, 3.05) is 7.11 Å². The van der Waals surface area contributed by atoms with Crippen molar-refractivity contribution in [1.29, 1.82) is 0 Å². The molecule has 0 unspecified atom stereocenters. The van der Waals surface area contributed by atoms with Gasteiger partial charge in [-0.2, -0.15) is 0 Å². The van der Waals surface area contributed by atoms with Crippen LogP contribution in [0.5, 0.6) is 23.0 Å². The molecule has 188 valence electrons. The Labute approximate surface area is 208 Å². The van der Waals surface area contributed by atoms with Crippen molar-refractivity contribution in [1.82, 2.24) is 0 Å². The average Bonchev–Trinajstić information content (AvgIpc) is 2.76. The van der Waals surface area contributed by atoms with E-state index >= 15 is 0 Å². The fraction of sp³-hybridized carbons (Fsp3) is 0.321. The third kappa shape index (κ3) is 4.58. The van der Waals surface area contributed by atoms with Crippen molar-refractivity contribution < 1.29 is 33.0 Å². The van der Waals surface area contributed by atoms with E-state index in [1.807, 2.05) is 39.8 Å². The topological polar surface area (TPSA) is 101 Å². The molecule has 0 amide bonds. The van der Waals surface area contributed by atoms with Crippen LogP contribution in [0.15, 0.2) is 39.1 Å². The van der Waals surface area contributed by atoms with Crippen LogP contribution in [0.2, 0.25) is 0 Å². The summed E-state index contributed by atoms with van der Waals surface area (Å²) >= 11 is 0. The maximum absolute atomic E-state index is 13.9. The molecule has 0 fully saturated rings. The summed E-state index contributed by atoms with van der Waals surface area (Å²) in [7, 11) is 1.46. The second-order valence-electron chi connectivity index (χ2n) is 9.40. The van der Waals surface area contributed by atoms with E-state index in [4.69, 9.17) is 23.4 Å². The maximum atomic E-state index is 13.9. The van der Waals surface area contributed by atoms with Crippen molar-refractivity contribution in [2.45, 2.75) is 53.6 Å². The zero-order valence-corrected chi connectivity index (χ0v) is 21.4. The Bertz CT molecular complexity index is 1530. The number of hydrogen-bond donors (Lipinski definition) is 0. The van der Waals surface area contributed by atoms with Crippen LogP contribution in [0.3, 0.4) is 0 Å². The van der Waals surface area contributed by atoms with Gasteiger partial charge in [0, 0.05) is 25.5 Å². The molecule has 36 heavy (non-hydrogen) atoms. The van der Waals surface area contributed by atoms with Crippen LogP contribution in [-0.2, 0) is 16.0 Å². The quantitative estimate of drug-likeness (QED) is 0.199. The molecule has 0 bridgehead atoms. The van der Waals surface area contributed by atoms with Gasteiger partial charge in [-0.05, 0) is 52.3 Å². The minimum Gasteiger partial charge on any atom is -0.492 e. The molecular weight excluding hydrogens is 464 g/mol. The number of benzene rings is 2. The summed E-state index contributed by atoms with van der Waals surface area (Å²) in [6.45, 7) is 10.2. The van der Waals surface area contributed by atoms with Gasteiger partial charge in [0.15, 0.2) is 17.2 Å². The van der Waals surface area contributed by atoms with Crippen LogP contribution < -0.4 is 24.4 Å². The van der Waals surface area contributed by atoms with E-state index in [1.54, 1.807) is 12.1 Å². The molecule has 0 spiro atoms. The summed E-state index contributed by atoms with van der Waals surface area (Å²) in [5.74, 6) is -0.307. The molecule has 0 N–H and O–H groups in total. The smallest absolute Gasteiger partial charge is 0.308 e. The minimum absolute atomic E-state index is 0.0492. The largest absolute Gasteiger partial charge is 0.492 e. The number of ether oxygens (including phenoxy) is 4. The Balaban J connectivity index is 2.17. The van der Waals surface area contributed by atoms with Crippen molar-refractivity contribution >= 4 is 40.0 Å². The molecule has 2 heterocycles. The molecule has 3 aromatic rings. The lowest BCUT2D eigenvalue weighted by Gasteiger charge is -2.28. The Morgan fingerprint density at radius 3 is 2.33 bits per heavy atom. The zero-order valence-electron chi connectivity index (χ0n) is 21.4. The van der Waals surface area contributed by atoms with Gasteiger partial charge in [-0.3, -0.25) is 14.4 Å². The van der Waals surface area contributed by atoms with E-state index in [0.29, 0.717) is 23.3 Å². The number of methoxy groups -OCH3 is 1. The van der Waals surface area contributed by atoms with Crippen LogP contribution in [0.4, 0.5) is 0 Å². The number of fused-ring (bicyclic) bond motifs is 3. The second kappa shape index (κ2) is 9.18. The minimum atomic E-state index is -0.609. The fourth-order valence-electron chi connectivity index (χ4n) is 4.17. The summed E-state index contributed by atoms with van der Waals surface area (Å²) in [4.78, 5) is 37.7. The maximum Gasteiger partial charge on any atom is 0.308 e. The van der Waals surface area contributed by atoms with Gasteiger partial charge in [-0.1, -0.05) is 11.6 Å². The van der Waals surface area contributed by atoms with Gasteiger partial charge in [0.2, 0.25) is 5.43 Å². The highest BCUT2D eigenvalue weighted by atomic mass is 16.6. The average molecular weight is 493 g/mol. The third-order valence-corrected chi connectivity index (χ3v) is 5.66. The number of rotatable bonds is 5.